The Balaban J connectivity index is 2.06. The lowest BCUT2D eigenvalue weighted by atomic mass is 10.1. The van der Waals surface area contributed by atoms with Crippen molar-refractivity contribution in [2.24, 2.45) is 0 Å². The molecule has 3 aromatic rings. The molecule has 1 unspecified atom stereocenters. The number of thiophene rings is 1. The third kappa shape index (κ3) is 5.82. The molecule has 0 bridgehead atoms. The molecule has 4 N–H and O–H groups in total. The van der Waals surface area contributed by atoms with E-state index in [0.29, 0.717) is 23.9 Å². The van der Waals surface area contributed by atoms with Crippen molar-refractivity contribution >= 4 is 39.0 Å². The molecule has 0 saturated heterocycles. The summed E-state index contributed by atoms with van der Waals surface area (Å²) in [6, 6.07) is 3.17. The van der Waals surface area contributed by atoms with Gasteiger partial charge in [-0.2, -0.15) is 17.9 Å². The first kappa shape index (κ1) is 27.5. The highest BCUT2D eigenvalue weighted by Gasteiger charge is 2.35. The van der Waals surface area contributed by atoms with Crippen molar-refractivity contribution in [1.29, 1.82) is 0 Å². The zero-order valence-corrected chi connectivity index (χ0v) is 20.2. The van der Waals surface area contributed by atoms with E-state index in [4.69, 9.17) is 4.74 Å². The molecule has 0 aliphatic heterocycles. The molecule has 1 aromatic heterocycles. The van der Waals surface area contributed by atoms with E-state index in [2.05, 4.69) is 5.73 Å². The Morgan fingerprint density at radius 1 is 1.17 bits per heavy atom. The lowest BCUT2D eigenvalue weighted by molar-refractivity contribution is -0.370. The normalized spacial score (nSPS) is 13.9. The number of sulfonamides is 1. The Kier molecular flexibility index (Phi) is 7.63. The maximum absolute atomic E-state index is 14.6. The van der Waals surface area contributed by atoms with E-state index in [1.807, 2.05) is 0 Å². The number of nitrogens with one attached hydrogen (secondary N) is 1. The maximum Gasteiger partial charge on any atom is 0.419 e. The van der Waals surface area contributed by atoms with Gasteiger partial charge in [0.05, 0.1) is 16.0 Å². The van der Waals surface area contributed by atoms with Crippen LogP contribution in [0.4, 0.5) is 22.0 Å². The molecule has 1 heterocycles. The number of halogens is 5. The fourth-order valence-corrected chi connectivity index (χ4v) is 7.48. The summed E-state index contributed by atoms with van der Waals surface area (Å²) < 4.78 is 111. The van der Waals surface area contributed by atoms with Crippen molar-refractivity contribution < 1.29 is 55.2 Å². The highest BCUT2D eigenvalue weighted by atomic mass is 32.2. The predicted octanol–water partition coefficient (Wildman–Crippen LogP) is 2.02. The standard InChI is InChI=1S/C19H18F5N2O6PS2/c1-9-12-7-11(32-5-4-25)8-15(21)16(12)34-18(9)35(30,31)26-17(33(27,28)29)10-2-3-13(14(20)6-10)19(22,23)24/h2-3,6-8,17,26H,4-5,25H2,1H3,(H2,27,28,29)/p-1. The van der Waals surface area contributed by atoms with Crippen LogP contribution < -0.4 is 25.0 Å². The number of rotatable bonds is 8. The van der Waals surface area contributed by atoms with E-state index in [-0.39, 0.29) is 40.1 Å². The molecule has 0 saturated carbocycles. The van der Waals surface area contributed by atoms with E-state index in [1.165, 1.54) is 13.0 Å². The Hall–Kier alpha value is -2.13. The summed E-state index contributed by atoms with van der Waals surface area (Å²) in [6.07, 6.45) is -5.11. The van der Waals surface area contributed by atoms with Gasteiger partial charge < -0.3 is 24.8 Å². The molecular weight excluding hydrogens is 542 g/mol. The number of aryl methyl sites for hydroxylation is 1. The van der Waals surface area contributed by atoms with Gasteiger partial charge in [-0.15, -0.1) is 11.3 Å². The van der Waals surface area contributed by atoms with Crippen molar-refractivity contribution in [3.8, 4) is 5.75 Å². The molecule has 1 atom stereocenters. The van der Waals surface area contributed by atoms with Crippen LogP contribution in [0.5, 0.6) is 5.75 Å². The number of fused-ring (bicyclic) bond motifs is 1. The van der Waals surface area contributed by atoms with Crippen LogP contribution in [0.1, 0.15) is 22.5 Å². The van der Waals surface area contributed by atoms with Gasteiger partial charge in [-0.25, -0.2) is 17.2 Å². The van der Waals surface area contributed by atoms with E-state index in [1.54, 1.807) is 4.72 Å². The fraction of sp³-hybridized carbons (Fsp3) is 0.263. The van der Waals surface area contributed by atoms with Crippen LogP contribution >= 0.6 is 18.9 Å². The van der Waals surface area contributed by atoms with Crippen LogP contribution in [0.2, 0.25) is 0 Å². The first-order chi connectivity index (χ1) is 16.1. The van der Waals surface area contributed by atoms with Gasteiger partial charge in [0, 0.05) is 11.5 Å². The largest absolute Gasteiger partial charge is 0.809 e. The molecule has 0 radical (unpaired) electrons. The van der Waals surface area contributed by atoms with Gasteiger partial charge in [0.25, 0.3) is 10.0 Å². The smallest absolute Gasteiger partial charge is 0.419 e. The van der Waals surface area contributed by atoms with Gasteiger partial charge in [0.1, 0.15) is 34.7 Å². The average molecular weight is 559 g/mol. The molecule has 16 heteroatoms. The molecule has 8 nitrogen and oxygen atoms in total. The quantitative estimate of drug-likeness (QED) is 0.319. The highest BCUT2D eigenvalue weighted by molar-refractivity contribution is 7.92. The van der Waals surface area contributed by atoms with Crippen LogP contribution in [0, 0.1) is 18.6 Å². The number of hydrogen-bond donors (Lipinski definition) is 2. The van der Waals surface area contributed by atoms with Crippen molar-refractivity contribution in [3.63, 3.8) is 0 Å². The summed E-state index contributed by atoms with van der Waals surface area (Å²) in [4.78, 5) is 23.6. The van der Waals surface area contributed by atoms with Gasteiger partial charge in [-0.05, 0) is 43.8 Å². The van der Waals surface area contributed by atoms with Gasteiger partial charge in [0.2, 0.25) is 0 Å². The third-order valence-corrected chi connectivity index (χ3v) is 9.37. The molecule has 0 fully saturated rings. The number of alkyl halides is 3. The van der Waals surface area contributed by atoms with Crippen LogP contribution in [0.3, 0.4) is 0 Å². The van der Waals surface area contributed by atoms with E-state index < -0.39 is 56.5 Å². The zero-order valence-electron chi connectivity index (χ0n) is 17.7. The summed E-state index contributed by atoms with van der Waals surface area (Å²) in [7, 11) is -10.8. The van der Waals surface area contributed by atoms with Gasteiger partial charge in [-0.3, -0.25) is 0 Å². The van der Waals surface area contributed by atoms with Gasteiger partial charge >= 0.3 is 6.18 Å². The minimum Gasteiger partial charge on any atom is -0.809 e. The minimum atomic E-state index is -5.90. The maximum atomic E-state index is 14.6. The molecule has 0 aliphatic rings. The molecule has 2 aromatic carbocycles. The second-order valence-corrected chi connectivity index (χ2v) is 11.8. The third-order valence-electron chi connectivity index (χ3n) is 4.78. The van der Waals surface area contributed by atoms with E-state index in [9.17, 15) is 44.7 Å². The Morgan fingerprint density at radius 2 is 1.83 bits per heavy atom. The van der Waals surface area contributed by atoms with Crippen LogP contribution in [-0.2, 0) is 20.8 Å². The molecule has 35 heavy (non-hydrogen) atoms. The lowest BCUT2D eigenvalue weighted by Crippen LogP contribution is -2.52. The number of ether oxygens (including phenoxy) is 1. The summed E-state index contributed by atoms with van der Waals surface area (Å²) in [5.41, 5.74) is 0.983. The van der Waals surface area contributed by atoms with Crippen molar-refractivity contribution in [3.05, 3.63) is 58.7 Å². The SMILES string of the molecule is Cc1c(S(=O)(=O)NC(c2ccc(C(F)(F)F)c(F)c2)P(=O)([O-])[O-])sc2c(F)cc(OCC[NH3+])cc12. The molecule has 192 valence electrons. The monoisotopic (exact) mass is 559 g/mol. The number of hydrogen-bond acceptors (Lipinski definition) is 7. The number of benzene rings is 2. The fourth-order valence-electron chi connectivity index (χ4n) is 3.21. The summed E-state index contributed by atoms with van der Waals surface area (Å²) in [5.74, 6) is -5.26. The van der Waals surface area contributed by atoms with Crippen molar-refractivity contribution in [1.82, 2.24) is 4.72 Å². The second-order valence-electron chi connectivity index (χ2n) is 7.30. The van der Waals surface area contributed by atoms with E-state index in [0.717, 1.165) is 6.07 Å². The highest BCUT2D eigenvalue weighted by Crippen LogP contribution is 2.46. The Bertz CT molecular complexity index is 1420. The Labute approximate surface area is 199 Å². The topological polar surface area (TPSA) is 146 Å². The van der Waals surface area contributed by atoms with Crippen LogP contribution in [-0.4, -0.2) is 21.6 Å². The van der Waals surface area contributed by atoms with Crippen molar-refractivity contribution in [2.45, 2.75) is 23.1 Å². The van der Waals surface area contributed by atoms with Crippen molar-refractivity contribution in [2.75, 3.05) is 13.2 Å². The molecular formula is C19H17F5N2O6PS2-. The molecule has 0 amide bonds. The van der Waals surface area contributed by atoms with E-state index >= 15 is 0 Å². The molecule has 0 spiro atoms. The summed E-state index contributed by atoms with van der Waals surface area (Å²) >= 11 is 0.437. The molecule has 3 rings (SSSR count). The van der Waals surface area contributed by atoms with Crippen LogP contribution in [0.15, 0.2) is 34.5 Å². The van der Waals surface area contributed by atoms with Gasteiger partial charge in [-0.1, -0.05) is 6.07 Å². The summed E-state index contributed by atoms with van der Waals surface area (Å²) in [5, 5.41) is 0.138. The first-order valence-corrected chi connectivity index (χ1v) is 13.5. The van der Waals surface area contributed by atoms with Gasteiger partial charge in [0.15, 0.2) is 0 Å². The second kappa shape index (κ2) is 9.73. The average Bonchev–Trinajstić information content (AvgIpc) is 3.07. The molecule has 0 aliphatic carbocycles. The minimum absolute atomic E-state index is 0.000420. The number of quaternary nitrogens is 1. The zero-order chi connectivity index (χ0) is 26.3. The first-order valence-electron chi connectivity index (χ1n) is 9.61. The lowest BCUT2D eigenvalue weighted by Gasteiger charge is -2.38. The predicted molar refractivity (Wildman–Crippen MR) is 112 cm³/mol. The summed E-state index contributed by atoms with van der Waals surface area (Å²) in [6.45, 7) is 1.84. The Morgan fingerprint density at radius 3 is 2.37 bits per heavy atom. The van der Waals surface area contributed by atoms with Crippen LogP contribution in [0.25, 0.3) is 10.1 Å².